The number of aryl methyl sites for hydroxylation is 1. The normalized spacial score (nSPS) is 16.0. The Hall–Kier alpha value is -3.64. The van der Waals surface area contributed by atoms with Crippen molar-refractivity contribution in [2.24, 2.45) is 5.73 Å². The maximum absolute atomic E-state index is 13.6. The summed E-state index contributed by atoms with van der Waals surface area (Å²) in [4.78, 5) is 27.9. The van der Waals surface area contributed by atoms with Crippen molar-refractivity contribution in [2.45, 2.75) is 51.2 Å². The minimum absolute atomic E-state index is 0.127. The number of nitrogens with one attached hydrogen (secondary N) is 1. The van der Waals surface area contributed by atoms with E-state index in [1.54, 1.807) is 30.9 Å². The molecule has 0 radical (unpaired) electrons. The van der Waals surface area contributed by atoms with Crippen LogP contribution < -0.4 is 16.0 Å². The molecule has 176 valence electrons. The van der Waals surface area contributed by atoms with E-state index in [0.29, 0.717) is 19.4 Å². The van der Waals surface area contributed by atoms with Crippen molar-refractivity contribution < 1.29 is 14.7 Å². The number of carbonyl (C=O) groups excluding carboxylic acids is 2. The highest BCUT2D eigenvalue weighted by Crippen LogP contribution is 2.31. The summed E-state index contributed by atoms with van der Waals surface area (Å²) in [5.41, 5.74) is 9.92. The zero-order chi connectivity index (χ0) is 24.3. The van der Waals surface area contributed by atoms with Crippen LogP contribution in [0.4, 0.5) is 5.69 Å². The molecule has 4 rings (SSSR count). The predicted molar refractivity (Wildman–Crippen MR) is 134 cm³/mol. The summed E-state index contributed by atoms with van der Waals surface area (Å²) in [5.74, 6) is -0.118. The van der Waals surface area contributed by atoms with E-state index in [1.807, 2.05) is 60.7 Å². The number of hydrogen-bond donors (Lipinski definition) is 3. The fourth-order valence-electron chi connectivity index (χ4n) is 4.36. The largest absolute Gasteiger partial charge is 0.507 e. The van der Waals surface area contributed by atoms with Gasteiger partial charge in [0.25, 0.3) is 0 Å². The van der Waals surface area contributed by atoms with Gasteiger partial charge in [0.15, 0.2) is 0 Å². The van der Waals surface area contributed by atoms with Crippen LogP contribution in [-0.4, -0.2) is 28.5 Å². The van der Waals surface area contributed by atoms with Crippen LogP contribution in [0.25, 0.3) is 11.1 Å². The van der Waals surface area contributed by atoms with Gasteiger partial charge in [-0.05, 0) is 55.5 Å². The number of benzene rings is 3. The SMILES string of the molecule is CC(C)(N)CC(=O)NC1CCc2ccccc2N(Cc2ccc(-c3ccccc3O)cc2)C1=O. The van der Waals surface area contributed by atoms with Gasteiger partial charge in [-0.3, -0.25) is 9.59 Å². The Morgan fingerprint density at radius 1 is 1.06 bits per heavy atom. The molecule has 6 nitrogen and oxygen atoms in total. The van der Waals surface area contributed by atoms with Crippen molar-refractivity contribution in [1.82, 2.24) is 5.32 Å². The lowest BCUT2D eigenvalue weighted by molar-refractivity contribution is -0.128. The molecule has 3 aromatic carbocycles. The molecule has 0 spiro atoms. The van der Waals surface area contributed by atoms with Gasteiger partial charge in [0.05, 0.1) is 6.54 Å². The molecule has 4 N–H and O–H groups in total. The number of phenolic OH excluding ortho intramolecular Hbond substituents is 1. The Balaban J connectivity index is 1.58. The van der Waals surface area contributed by atoms with E-state index in [9.17, 15) is 14.7 Å². The first-order chi connectivity index (χ1) is 16.2. The highest BCUT2D eigenvalue weighted by Gasteiger charge is 2.32. The molecule has 1 atom stereocenters. The molecule has 0 saturated heterocycles. The van der Waals surface area contributed by atoms with E-state index in [4.69, 9.17) is 5.73 Å². The summed E-state index contributed by atoms with van der Waals surface area (Å²) >= 11 is 0. The summed E-state index contributed by atoms with van der Waals surface area (Å²) in [6, 6.07) is 22.3. The van der Waals surface area contributed by atoms with Gasteiger partial charge >= 0.3 is 0 Å². The molecule has 0 saturated carbocycles. The van der Waals surface area contributed by atoms with Gasteiger partial charge in [0.1, 0.15) is 11.8 Å². The van der Waals surface area contributed by atoms with Gasteiger partial charge in [-0.2, -0.15) is 0 Å². The van der Waals surface area contributed by atoms with Crippen molar-refractivity contribution in [1.29, 1.82) is 0 Å². The molecule has 0 fully saturated rings. The van der Waals surface area contributed by atoms with E-state index in [1.165, 1.54) is 0 Å². The minimum atomic E-state index is -0.643. The van der Waals surface area contributed by atoms with E-state index in [-0.39, 0.29) is 24.0 Å². The third-order valence-corrected chi connectivity index (χ3v) is 6.01. The summed E-state index contributed by atoms with van der Waals surface area (Å²) in [6.07, 6.45) is 1.38. The van der Waals surface area contributed by atoms with Crippen LogP contribution in [0.15, 0.2) is 72.8 Å². The topological polar surface area (TPSA) is 95.7 Å². The van der Waals surface area contributed by atoms with E-state index in [2.05, 4.69) is 5.32 Å². The number of nitrogens with two attached hydrogens (primary N) is 1. The molecule has 1 heterocycles. The first-order valence-electron chi connectivity index (χ1n) is 11.6. The van der Waals surface area contributed by atoms with E-state index < -0.39 is 11.6 Å². The summed E-state index contributed by atoms with van der Waals surface area (Å²) in [6.45, 7) is 3.97. The Labute approximate surface area is 200 Å². The molecule has 0 aromatic heterocycles. The van der Waals surface area contributed by atoms with Crippen LogP contribution in [0.1, 0.15) is 37.8 Å². The van der Waals surface area contributed by atoms with Gasteiger partial charge in [0.2, 0.25) is 11.8 Å². The lowest BCUT2D eigenvalue weighted by atomic mass is 10.0. The number of amides is 2. The number of para-hydroxylation sites is 2. The second-order valence-electron chi connectivity index (χ2n) is 9.59. The lowest BCUT2D eigenvalue weighted by Crippen LogP contribution is -2.49. The number of rotatable bonds is 6. The summed E-state index contributed by atoms with van der Waals surface area (Å²) in [7, 11) is 0. The van der Waals surface area contributed by atoms with E-state index >= 15 is 0 Å². The molecular weight excluding hydrogens is 426 g/mol. The standard InChI is InChI=1S/C28H31N3O3/c1-28(2,29)17-26(33)30-23-16-15-21-7-3-5-9-24(21)31(27(23)34)18-19-11-13-20(14-12-19)22-8-4-6-10-25(22)32/h3-14,23,32H,15-18,29H2,1-2H3,(H,30,33). The quantitative estimate of drug-likeness (QED) is 0.518. The fourth-order valence-corrected chi connectivity index (χ4v) is 4.36. The number of phenols is 1. The van der Waals surface area contributed by atoms with Crippen LogP contribution in [0.5, 0.6) is 5.75 Å². The second kappa shape index (κ2) is 9.69. The lowest BCUT2D eigenvalue weighted by Gasteiger charge is -2.27. The fraction of sp³-hybridized carbons (Fsp3) is 0.286. The molecule has 1 unspecified atom stereocenters. The Morgan fingerprint density at radius 3 is 2.44 bits per heavy atom. The summed E-state index contributed by atoms with van der Waals surface area (Å²) < 4.78 is 0. The predicted octanol–water partition coefficient (Wildman–Crippen LogP) is 4.15. The van der Waals surface area contributed by atoms with Crippen LogP contribution in [0.3, 0.4) is 0 Å². The Morgan fingerprint density at radius 2 is 1.74 bits per heavy atom. The zero-order valence-corrected chi connectivity index (χ0v) is 19.6. The molecule has 34 heavy (non-hydrogen) atoms. The van der Waals surface area contributed by atoms with Crippen molar-refractivity contribution in [3.05, 3.63) is 83.9 Å². The molecule has 1 aliphatic heterocycles. The van der Waals surface area contributed by atoms with Crippen molar-refractivity contribution >= 4 is 17.5 Å². The van der Waals surface area contributed by atoms with Gasteiger partial charge in [-0.25, -0.2) is 0 Å². The van der Waals surface area contributed by atoms with Gasteiger partial charge in [-0.1, -0.05) is 60.7 Å². The van der Waals surface area contributed by atoms with Crippen LogP contribution in [0, 0.1) is 0 Å². The first-order valence-corrected chi connectivity index (χ1v) is 11.6. The van der Waals surface area contributed by atoms with E-state index in [0.717, 1.165) is 27.9 Å². The van der Waals surface area contributed by atoms with Gasteiger partial charge < -0.3 is 21.1 Å². The Kier molecular flexibility index (Phi) is 6.70. The second-order valence-corrected chi connectivity index (χ2v) is 9.59. The average Bonchev–Trinajstić information content (AvgIpc) is 2.91. The first kappa shape index (κ1) is 23.5. The number of carbonyl (C=O) groups is 2. The summed E-state index contributed by atoms with van der Waals surface area (Å²) in [5, 5.41) is 13.1. The highest BCUT2D eigenvalue weighted by atomic mass is 16.3. The minimum Gasteiger partial charge on any atom is -0.507 e. The maximum Gasteiger partial charge on any atom is 0.249 e. The number of hydrogen-bond acceptors (Lipinski definition) is 4. The molecule has 2 amide bonds. The maximum atomic E-state index is 13.6. The highest BCUT2D eigenvalue weighted by molar-refractivity contribution is 6.00. The van der Waals surface area contributed by atoms with Crippen molar-refractivity contribution in [2.75, 3.05) is 4.90 Å². The average molecular weight is 458 g/mol. The van der Waals surface area contributed by atoms with Crippen molar-refractivity contribution in [3.63, 3.8) is 0 Å². The monoisotopic (exact) mass is 457 g/mol. The van der Waals surface area contributed by atoms with Crippen LogP contribution in [-0.2, 0) is 22.6 Å². The molecule has 0 aliphatic carbocycles. The molecular formula is C28H31N3O3. The van der Waals surface area contributed by atoms with Crippen LogP contribution >= 0.6 is 0 Å². The zero-order valence-electron chi connectivity index (χ0n) is 19.6. The number of anilines is 1. The van der Waals surface area contributed by atoms with Crippen LogP contribution in [0.2, 0.25) is 0 Å². The third kappa shape index (κ3) is 5.46. The van der Waals surface area contributed by atoms with Gasteiger partial charge in [-0.15, -0.1) is 0 Å². The smallest absolute Gasteiger partial charge is 0.249 e. The molecule has 6 heteroatoms. The number of nitrogens with zero attached hydrogens (tertiary/aromatic N) is 1. The molecule has 3 aromatic rings. The number of fused-ring (bicyclic) bond motifs is 1. The molecule has 1 aliphatic rings. The Bertz CT molecular complexity index is 1180. The van der Waals surface area contributed by atoms with Gasteiger partial charge in [0, 0.05) is 23.2 Å². The number of aromatic hydroxyl groups is 1. The van der Waals surface area contributed by atoms with Crippen molar-refractivity contribution in [3.8, 4) is 16.9 Å². The third-order valence-electron chi connectivity index (χ3n) is 6.01. The molecule has 0 bridgehead atoms.